The van der Waals surface area contributed by atoms with E-state index >= 15 is 0 Å². The van der Waals surface area contributed by atoms with E-state index in [4.69, 9.17) is 22.7 Å². The minimum atomic E-state index is 0.439. The Morgan fingerprint density at radius 3 is 2.85 bits per heavy atom. The summed E-state index contributed by atoms with van der Waals surface area (Å²) < 4.78 is 5.47. The van der Waals surface area contributed by atoms with Crippen LogP contribution in [-0.2, 0) is 6.54 Å². The summed E-state index contributed by atoms with van der Waals surface area (Å²) in [6.45, 7) is 6.68. The molecule has 0 radical (unpaired) electrons. The van der Waals surface area contributed by atoms with Crippen molar-refractivity contribution in [3.8, 4) is 5.75 Å². The third kappa shape index (κ3) is 3.30. The Hall–Kier alpha value is -1.13. The van der Waals surface area contributed by atoms with Crippen molar-refractivity contribution >= 4 is 17.2 Å². The van der Waals surface area contributed by atoms with Gasteiger partial charge in [-0.15, -0.1) is 0 Å². The van der Waals surface area contributed by atoms with E-state index < -0.39 is 0 Å². The predicted molar refractivity (Wildman–Crippen MR) is 87.2 cm³/mol. The molecule has 0 spiro atoms. The Morgan fingerprint density at radius 2 is 2.20 bits per heavy atom. The Labute approximate surface area is 127 Å². The molecule has 1 aliphatic rings. The van der Waals surface area contributed by atoms with Crippen molar-refractivity contribution in [1.29, 1.82) is 0 Å². The molecule has 4 heteroatoms. The van der Waals surface area contributed by atoms with E-state index in [0.717, 1.165) is 30.3 Å². The zero-order valence-electron chi connectivity index (χ0n) is 12.6. The summed E-state index contributed by atoms with van der Waals surface area (Å²) >= 11 is 5.07. The lowest BCUT2D eigenvalue weighted by atomic mass is 9.91. The van der Waals surface area contributed by atoms with Gasteiger partial charge in [-0.3, -0.25) is 4.90 Å². The molecule has 1 aliphatic heterocycles. The van der Waals surface area contributed by atoms with Crippen molar-refractivity contribution in [2.24, 2.45) is 11.7 Å². The Morgan fingerprint density at radius 1 is 1.45 bits per heavy atom. The molecule has 0 aromatic heterocycles. The van der Waals surface area contributed by atoms with E-state index in [-0.39, 0.29) is 0 Å². The van der Waals surface area contributed by atoms with Crippen LogP contribution < -0.4 is 10.5 Å². The number of rotatable bonds is 4. The van der Waals surface area contributed by atoms with E-state index in [9.17, 15) is 0 Å². The van der Waals surface area contributed by atoms with Crippen molar-refractivity contribution in [3.05, 3.63) is 29.3 Å². The Kier molecular flexibility index (Phi) is 5.00. The molecule has 1 heterocycles. The van der Waals surface area contributed by atoms with E-state index in [1.54, 1.807) is 7.11 Å². The minimum absolute atomic E-state index is 0.439. The molecule has 0 aliphatic carbocycles. The van der Waals surface area contributed by atoms with Gasteiger partial charge in [0.1, 0.15) is 10.7 Å². The van der Waals surface area contributed by atoms with Gasteiger partial charge in [-0.2, -0.15) is 0 Å². The highest BCUT2D eigenvalue weighted by Crippen LogP contribution is 2.28. The molecule has 1 aromatic rings. The average Bonchev–Trinajstić information content (AvgIpc) is 2.43. The Bertz CT molecular complexity index is 489. The van der Waals surface area contributed by atoms with Crippen LogP contribution in [0.5, 0.6) is 5.75 Å². The maximum Gasteiger partial charge on any atom is 0.123 e. The normalized spacial score (nSPS) is 23.6. The SMILES string of the molecule is COc1ccc(C(N)=S)cc1CN1CCCC(C)C1C. The molecular weight excluding hydrogens is 268 g/mol. The van der Waals surface area contributed by atoms with Gasteiger partial charge >= 0.3 is 0 Å². The highest BCUT2D eigenvalue weighted by atomic mass is 32.1. The first-order valence-electron chi connectivity index (χ1n) is 7.23. The third-order valence-electron chi connectivity index (χ3n) is 4.44. The number of nitrogens with zero attached hydrogens (tertiary/aromatic N) is 1. The van der Waals surface area contributed by atoms with E-state index in [1.165, 1.54) is 18.4 Å². The average molecular weight is 292 g/mol. The molecule has 1 fully saturated rings. The smallest absolute Gasteiger partial charge is 0.123 e. The number of hydrogen-bond acceptors (Lipinski definition) is 3. The molecule has 20 heavy (non-hydrogen) atoms. The fraction of sp³-hybridized carbons (Fsp3) is 0.562. The number of nitrogens with two attached hydrogens (primary N) is 1. The summed E-state index contributed by atoms with van der Waals surface area (Å²) in [5.41, 5.74) is 7.81. The second-order valence-electron chi connectivity index (χ2n) is 5.72. The van der Waals surface area contributed by atoms with Gasteiger partial charge in [0.05, 0.1) is 7.11 Å². The molecule has 2 unspecified atom stereocenters. The van der Waals surface area contributed by atoms with Crippen molar-refractivity contribution in [1.82, 2.24) is 4.90 Å². The van der Waals surface area contributed by atoms with E-state index in [0.29, 0.717) is 11.0 Å². The summed E-state index contributed by atoms with van der Waals surface area (Å²) in [6, 6.07) is 6.55. The first-order chi connectivity index (χ1) is 9.52. The molecule has 2 atom stereocenters. The summed E-state index contributed by atoms with van der Waals surface area (Å²) in [6.07, 6.45) is 2.59. The maximum absolute atomic E-state index is 5.73. The zero-order chi connectivity index (χ0) is 14.7. The molecule has 1 aromatic carbocycles. The number of thiocarbonyl (C=S) groups is 1. The molecular formula is C16H24N2OS. The molecule has 2 N–H and O–H groups in total. The van der Waals surface area contributed by atoms with Gasteiger partial charge in [0.2, 0.25) is 0 Å². The van der Waals surface area contributed by atoms with E-state index in [1.807, 2.05) is 12.1 Å². The monoisotopic (exact) mass is 292 g/mol. The van der Waals surface area contributed by atoms with Crippen LogP contribution in [0.25, 0.3) is 0 Å². The van der Waals surface area contributed by atoms with Crippen molar-refractivity contribution in [2.75, 3.05) is 13.7 Å². The van der Waals surface area contributed by atoms with Crippen LogP contribution in [0.3, 0.4) is 0 Å². The van der Waals surface area contributed by atoms with Gasteiger partial charge in [0.25, 0.3) is 0 Å². The fourth-order valence-electron chi connectivity index (χ4n) is 2.92. The number of hydrogen-bond donors (Lipinski definition) is 1. The van der Waals surface area contributed by atoms with Gasteiger partial charge in [0.15, 0.2) is 0 Å². The lowest BCUT2D eigenvalue weighted by molar-refractivity contribution is 0.105. The molecule has 1 saturated heterocycles. The first-order valence-corrected chi connectivity index (χ1v) is 7.64. The van der Waals surface area contributed by atoms with Gasteiger partial charge in [-0.1, -0.05) is 19.1 Å². The highest BCUT2D eigenvalue weighted by Gasteiger charge is 2.25. The van der Waals surface area contributed by atoms with Crippen molar-refractivity contribution in [2.45, 2.75) is 39.3 Å². The zero-order valence-corrected chi connectivity index (χ0v) is 13.4. The maximum atomic E-state index is 5.73. The van der Waals surface area contributed by atoms with Crippen LogP contribution in [0.15, 0.2) is 18.2 Å². The number of ether oxygens (including phenoxy) is 1. The summed E-state index contributed by atoms with van der Waals surface area (Å²) in [5.74, 6) is 1.66. The summed E-state index contributed by atoms with van der Waals surface area (Å²) in [7, 11) is 1.71. The number of piperidine rings is 1. The largest absolute Gasteiger partial charge is 0.496 e. The summed E-state index contributed by atoms with van der Waals surface area (Å²) in [4.78, 5) is 2.96. The lowest BCUT2D eigenvalue weighted by Crippen LogP contribution is -2.41. The first kappa shape index (κ1) is 15.3. The number of benzene rings is 1. The fourth-order valence-corrected chi connectivity index (χ4v) is 3.05. The van der Waals surface area contributed by atoms with Crippen LogP contribution >= 0.6 is 12.2 Å². The van der Waals surface area contributed by atoms with Gasteiger partial charge in [-0.05, 0) is 50.4 Å². The lowest BCUT2D eigenvalue weighted by Gasteiger charge is -2.38. The molecule has 0 amide bonds. The Balaban J connectivity index is 2.22. The van der Waals surface area contributed by atoms with Crippen molar-refractivity contribution in [3.63, 3.8) is 0 Å². The van der Waals surface area contributed by atoms with Gasteiger partial charge in [-0.25, -0.2) is 0 Å². The third-order valence-corrected chi connectivity index (χ3v) is 4.68. The molecule has 0 bridgehead atoms. The topological polar surface area (TPSA) is 38.5 Å². The van der Waals surface area contributed by atoms with Crippen LogP contribution in [0.4, 0.5) is 0 Å². The standard InChI is InChI=1S/C16H24N2OS/c1-11-5-4-8-18(12(11)2)10-14-9-13(16(17)20)6-7-15(14)19-3/h6-7,9,11-12H,4-5,8,10H2,1-3H3,(H2,17,20). The molecule has 0 saturated carbocycles. The van der Waals surface area contributed by atoms with E-state index in [2.05, 4.69) is 24.8 Å². The quantitative estimate of drug-likeness (QED) is 0.866. The summed E-state index contributed by atoms with van der Waals surface area (Å²) in [5, 5.41) is 0. The van der Waals surface area contributed by atoms with Gasteiger partial charge < -0.3 is 10.5 Å². The van der Waals surface area contributed by atoms with Gasteiger partial charge in [0, 0.05) is 23.7 Å². The number of likely N-dealkylation sites (tertiary alicyclic amines) is 1. The number of methoxy groups -OCH3 is 1. The minimum Gasteiger partial charge on any atom is -0.496 e. The molecule has 2 rings (SSSR count). The van der Waals surface area contributed by atoms with Crippen LogP contribution in [0, 0.1) is 5.92 Å². The van der Waals surface area contributed by atoms with Crippen LogP contribution in [0.1, 0.15) is 37.8 Å². The van der Waals surface area contributed by atoms with Crippen molar-refractivity contribution < 1.29 is 4.74 Å². The van der Waals surface area contributed by atoms with Crippen LogP contribution in [0.2, 0.25) is 0 Å². The highest BCUT2D eigenvalue weighted by molar-refractivity contribution is 7.80. The second kappa shape index (κ2) is 6.55. The molecule has 3 nitrogen and oxygen atoms in total. The predicted octanol–water partition coefficient (Wildman–Crippen LogP) is 2.95. The van der Waals surface area contributed by atoms with Crippen LogP contribution in [-0.4, -0.2) is 29.6 Å². The second-order valence-corrected chi connectivity index (χ2v) is 6.16. The molecule has 110 valence electrons.